The van der Waals surface area contributed by atoms with Crippen LogP contribution in [0.2, 0.25) is 0 Å². The Kier molecular flexibility index (Phi) is 7.04. The standard InChI is InChI=1S/C13H27N3OS/c1-13(2,16-9-7-14-8-10-16)12(17)15-6-4-5-11-18-3/h14H,4-11H2,1-3H3,(H,15,17). The number of carbonyl (C=O) groups is 1. The number of amides is 1. The third-order valence-corrected chi connectivity index (χ3v) is 4.22. The summed E-state index contributed by atoms with van der Waals surface area (Å²) < 4.78 is 0. The van der Waals surface area contributed by atoms with Gasteiger partial charge in [0.25, 0.3) is 0 Å². The van der Waals surface area contributed by atoms with Crippen molar-refractivity contribution < 1.29 is 4.79 Å². The third kappa shape index (κ3) is 4.78. The summed E-state index contributed by atoms with van der Waals surface area (Å²) in [5.41, 5.74) is -0.387. The van der Waals surface area contributed by atoms with Gasteiger partial charge in [0.15, 0.2) is 0 Å². The Morgan fingerprint density at radius 3 is 2.61 bits per heavy atom. The molecule has 4 nitrogen and oxygen atoms in total. The van der Waals surface area contributed by atoms with E-state index in [-0.39, 0.29) is 11.4 Å². The lowest BCUT2D eigenvalue weighted by Crippen LogP contribution is -2.60. The first-order valence-electron chi connectivity index (χ1n) is 6.82. The SMILES string of the molecule is CSCCCCNC(=O)C(C)(C)N1CCNCC1. The second-order valence-corrected chi connectivity index (χ2v) is 6.24. The van der Waals surface area contributed by atoms with Crippen molar-refractivity contribution in [2.24, 2.45) is 0 Å². The molecule has 1 amide bonds. The maximum absolute atomic E-state index is 12.2. The maximum Gasteiger partial charge on any atom is 0.239 e. The topological polar surface area (TPSA) is 44.4 Å². The van der Waals surface area contributed by atoms with E-state index < -0.39 is 0 Å². The van der Waals surface area contributed by atoms with Gasteiger partial charge in [0.1, 0.15) is 0 Å². The highest BCUT2D eigenvalue weighted by Gasteiger charge is 2.34. The lowest BCUT2D eigenvalue weighted by Gasteiger charge is -2.39. The molecule has 0 aromatic heterocycles. The number of carbonyl (C=O) groups excluding carboxylic acids is 1. The van der Waals surface area contributed by atoms with Gasteiger partial charge in [0.2, 0.25) is 5.91 Å². The molecule has 1 fully saturated rings. The van der Waals surface area contributed by atoms with Gasteiger partial charge >= 0.3 is 0 Å². The molecule has 1 rings (SSSR count). The predicted octanol–water partition coefficient (Wildman–Crippen LogP) is 0.930. The van der Waals surface area contributed by atoms with Gasteiger partial charge in [0, 0.05) is 32.7 Å². The first-order chi connectivity index (χ1) is 8.59. The Morgan fingerprint density at radius 1 is 1.33 bits per heavy atom. The fourth-order valence-corrected chi connectivity index (χ4v) is 2.65. The second kappa shape index (κ2) is 8.02. The highest BCUT2D eigenvalue weighted by Crippen LogP contribution is 2.15. The summed E-state index contributed by atoms with van der Waals surface area (Å²) in [5, 5.41) is 6.39. The number of hydrogen-bond donors (Lipinski definition) is 2. The van der Waals surface area contributed by atoms with Gasteiger partial charge in [-0.15, -0.1) is 0 Å². The number of unbranched alkanes of at least 4 members (excludes halogenated alkanes) is 1. The zero-order valence-electron chi connectivity index (χ0n) is 11.9. The van der Waals surface area contributed by atoms with E-state index in [9.17, 15) is 4.79 Å². The normalized spacial score (nSPS) is 17.7. The van der Waals surface area contributed by atoms with Crippen molar-refractivity contribution in [3.05, 3.63) is 0 Å². The van der Waals surface area contributed by atoms with E-state index in [0.717, 1.165) is 39.1 Å². The van der Waals surface area contributed by atoms with Gasteiger partial charge < -0.3 is 10.6 Å². The molecule has 0 aliphatic carbocycles. The average Bonchev–Trinajstić information content (AvgIpc) is 2.39. The number of rotatable bonds is 7. The summed E-state index contributed by atoms with van der Waals surface area (Å²) >= 11 is 1.86. The van der Waals surface area contributed by atoms with E-state index in [1.54, 1.807) is 0 Å². The molecule has 0 atom stereocenters. The molecule has 1 aliphatic heterocycles. The molecule has 5 heteroatoms. The first-order valence-corrected chi connectivity index (χ1v) is 8.21. The fraction of sp³-hybridized carbons (Fsp3) is 0.923. The highest BCUT2D eigenvalue weighted by molar-refractivity contribution is 7.98. The zero-order chi connectivity index (χ0) is 13.4. The van der Waals surface area contributed by atoms with E-state index >= 15 is 0 Å². The van der Waals surface area contributed by atoms with Crippen molar-refractivity contribution in [1.82, 2.24) is 15.5 Å². The molecular weight excluding hydrogens is 246 g/mol. The van der Waals surface area contributed by atoms with Crippen LogP contribution in [0.15, 0.2) is 0 Å². The number of thioether (sulfide) groups is 1. The van der Waals surface area contributed by atoms with Crippen molar-refractivity contribution >= 4 is 17.7 Å². The lowest BCUT2D eigenvalue weighted by atomic mass is 10.0. The molecule has 0 saturated carbocycles. The van der Waals surface area contributed by atoms with Crippen LogP contribution in [0.3, 0.4) is 0 Å². The van der Waals surface area contributed by atoms with Crippen LogP contribution >= 0.6 is 11.8 Å². The Bertz CT molecular complexity index is 253. The van der Waals surface area contributed by atoms with Crippen LogP contribution in [0.5, 0.6) is 0 Å². The van der Waals surface area contributed by atoms with E-state index in [0.29, 0.717) is 0 Å². The largest absolute Gasteiger partial charge is 0.355 e. The van der Waals surface area contributed by atoms with Crippen molar-refractivity contribution in [3.63, 3.8) is 0 Å². The van der Waals surface area contributed by atoms with E-state index in [4.69, 9.17) is 0 Å². The molecule has 0 radical (unpaired) electrons. The van der Waals surface area contributed by atoms with Crippen molar-refractivity contribution in [2.45, 2.75) is 32.2 Å². The maximum atomic E-state index is 12.2. The predicted molar refractivity (Wildman–Crippen MR) is 79.1 cm³/mol. The number of nitrogens with zero attached hydrogens (tertiary/aromatic N) is 1. The molecule has 18 heavy (non-hydrogen) atoms. The van der Waals surface area contributed by atoms with Crippen molar-refractivity contribution in [3.8, 4) is 0 Å². The first kappa shape index (κ1) is 15.8. The number of piperazine rings is 1. The van der Waals surface area contributed by atoms with Gasteiger partial charge in [-0.2, -0.15) is 11.8 Å². The quantitative estimate of drug-likeness (QED) is 0.677. The minimum Gasteiger partial charge on any atom is -0.355 e. The van der Waals surface area contributed by atoms with Gasteiger partial charge in [-0.3, -0.25) is 9.69 Å². The second-order valence-electron chi connectivity index (χ2n) is 5.25. The summed E-state index contributed by atoms with van der Waals surface area (Å²) in [5.74, 6) is 1.34. The van der Waals surface area contributed by atoms with Crippen molar-refractivity contribution in [2.75, 3.05) is 44.7 Å². The molecule has 2 N–H and O–H groups in total. The number of nitrogens with one attached hydrogen (secondary N) is 2. The van der Waals surface area contributed by atoms with Crippen LogP contribution in [-0.4, -0.2) is 61.1 Å². The molecule has 0 unspecified atom stereocenters. The Hall–Kier alpha value is -0.260. The molecule has 0 spiro atoms. The molecule has 1 aliphatic rings. The molecule has 0 bridgehead atoms. The monoisotopic (exact) mass is 273 g/mol. The molecule has 1 saturated heterocycles. The van der Waals surface area contributed by atoms with Crippen LogP contribution in [-0.2, 0) is 4.79 Å². The zero-order valence-corrected chi connectivity index (χ0v) is 12.7. The summed E-state index contributed by atoms with van der Waals surface area (Å²) in [6.45, 7) is 8.70. The van der Waals surface area contributed by atoms with Gasteiger partial charge in [-0.1, -0.05) is 0 Å². The molecule has 0 aromatic rings. The van der Waals surface area contributed by atoms with Gasteiger partial charge in [-0.05, 0) is 38.7 Å². The Balaban J connectivity index is 2.29. The van der Waals surface area contributed by atoms with Gasteiger partial charge in [0.05, 0.1) is 5.54 Å². The van der Waals surface area contributed by atoms with E-state index in [1.807, 2.05) is 25.6 Å². The summed E-state index contributed by atoms with van der Waals surface area (Å²) in [6, 6.07) is 0. The smallest absolute Gasteiger partial charge is 0.239 e. The number of hydrogen-bond acceptors (Lipinski definition) is 4. The molecule has 0 aromatic carbocycles. The van der Waals surface area contributed by atoms with Crippen LogP contribution in [0.4, 0.5) is 0 Å². The van der Waals surface area contributed by atoms with Crippen LogP contribution in [0.1, 0.15) is 26.7 Å². The van der Waals surface area contributed by atoms with E-state index in [1.165, 1.54) is 12.2 Å². The molecular formula is C13H27N3OS. The third-order valence-electron chi connectivity index (χ3n) is 3.52. The van der Waals surface area contributed by atoms with E-state index in [2.05, 4.69) is 21.8 Å². The molecule has 1 heterocycles. The summed E-state index contributed by atoms with van der Waals surface area (Å²) in [7, 11) is 0. The summed E-state index contributed by atoms with van der Waals surface area (Å²) in [6.07, 6.45) is 4.37. The minimum absolute atomic E-state index is 0.161. The minimum atomic E-state index is -0.387. The van der Waals surface area contributed by atoms with Crippen molar-refractivity contribution in [1.29, 1.82) is 0 Å². The summed E-state index contributed by atoms with van der Waals surface area (Å²) in [4.78, 5) is 14.5. The van der Waals surface area contributed by atoms with Gasteiger partial charge in [-0.25, -0.2) is 0 Å². The average molecular weight is 273 g/mol. The Labute approximate surface area is 115 Å². The lowest BCUT2D eigenvalue weighted by molar-refractivity contribution is -0.132. The molecule has 106 valence electrons. The Morgan fingerprint density at radius 2 is 2.00 bits per heavy atom. The van der Waals surface area contributed by atoms with Crippen LogP contribution < -0.4 is 10.6 Å². The van der Waals surface area contributed by atoms with Crippen LogP contribution in [0, 0.1) is 0 Å². The fourth-order valence-electron chi connectivity index (χ4n) is 2.16. The highest BCUT2D eigenvalue weighted by atomic mass is 32.2. The van der Waals surface area contributed by atoms with Crippen LogP contribution in [0.25, 0.3) is 0 Å².